The number of likely N-dealkylation sites (tertiary alicyclic amines) is 1. The monoisotopic (exact) mass is 426 g/mol. The molecule has 0 spiro atoms. The topological polar surface area (TPSA) is 40.1 Å². The minimum atomic E-state index is -4.15. The molecular weight excluding hydrogens is 393 g/mol. The normalized spacial score (nSPS) is 20.5. The van der Waals surface area contributed by atoms with E-state index in [1.54, 1.807) is 14.0 Å². The van der Waals surface area contributed by atoms with Crippen LogP contribution in [0.1, 0.15) is 38.2 Å². The molecule has 1 saturated carbocycles. The molecule has 1 unspecified atom stereocenters. The summed E-state index contributed by atoms with van der Waals surface area (Å²) in [6, 6.07) is 8.04. The van der Waals surface area contributed by atoms with Gasteiger partial charge in [0.25, 0.3) is 0 Å². The van der Waals surface area contributed by atoms with E-state index in [4.69, 9.17) is 4.74 Å². The number of ether oxygens (including phenoxy) is 1. The zero-order chi connectivity index (χ0) is 21.6. The van der Waals surface area contributed by atoms with Crippen molar-refractivity contribution in [3.63, 3.8) is 0 Å². The molecule has 1 saturated heterocycles. The molecule has 2 fully saturated rings. The fraction of sp³-hybridized carbons (Fsp3) is 0.682. The summed E-state index contributed by atoms with van der Waals surface area (Å²) < 4.78 is 44.3. The molecule has 5 nitrogen and oxygen atoms in total. The molecule has 1 aromatic rings. The number of nitrogens with one attached hydrogen (secondary N) is 1. The summed E-state index contributed by atoms with van der Waals surface area (Å²) in [5, 5.41) is 3.41. The molecule has 30 heavy (non-hydrogen) atoms. The molecule has 168 valence electrons. The lowest BCUT2D eigenvalue weighted by molar-refractivity contribution is -0.146. The second kappa shape index (κ2) is 10.4. The quantitative estimate of drug-likeness (QED) is 0.506. The van der Waals surface area contributed by atoms with Gasteiger partial charge in [-0.15, -0.1) is 0 Å². The molecule has 0 aromatic heterocycles. The van der Waals surface area contributed by atoms with Crippen LogP contribution in [0, 0.1) is 5.92 Å². The number of para-hydroxylation sites is 1. The highest BCUT2D eigenvalue weighted by atomic mass is 19.4. The first kappa shape index (κ1) is 22.7. The summed E-state index contributed by atoms with van der Waals surface area (Å²) >= 11 is 0. The zero-order valence-electron chi connectivity index (χ0n) is 17.9. The van der Waals surface area contributed by atoms with Crippen LogP contribution in [0.4, 0.5) is 13.2 Å². The Balaban J connectivity index is 1.51. The third-order valence-electron chi connectivity index (χ3n) is 5.92. The Morgan fingerprint density at radius 3 is 2.67 bits per heavy atom. The van der Waals surface area contributed by atoms with E-state index < -0.39 is 12.7 Å². The van der Waals surface area contributed by atoms with Gasteiger partial charge in [0, 0.05) is 38.8 Å². The maximum atomic E-state index is 12.7. The molecule has 3 rings (SSSR count). The van der Waals surface area contributed by atoms with Crippen LogP contribution in [-0.4, -0.2) is 67.8 Å². The Bertz CT molecular complexity index is 706. The molecule has 1 N–H and O–H groups in total. The number of hydrogen-bond acceptors (Lipinski definition) is 3. The van der Waals surface area contributed by atoms with Crippen molar-refractivity contribution in [2.75, 3.05) is 39.8 Å². The smallest absolute Gasteiger partial charge is 0.401 e. The van der Waals surface area contributed by atoms with Crippen LogP contribution in [0.15, 0.2) is 29.3 Å². The number of hydrogen-bond donors (Lipinski definition) is 1. The zero-order valence-corrected chi connectivity index (χ0v) is 17.9. The van der Waals surface area contributed by atoms with Crippen LogP contribution < -0.4 is 10.1 Å². The van der Waals surface area contributed by atoms with E-state index in [0.29, 0.717) is 32.3 Å². The van der Waals surface area contributed by atoms with Crippen molar-refractivity contribution >= 4 is 5.96 Å². The van der Waals surface area contributed by atoms with Crippen molar-refractivity contribution in [2.24, 2.45) is 10.9 Å². The van der Waals surface area contributed by atoms with Gasteiger partial charge in [-0.05, 0) is 44.2 Å². The third kappa shape index (κ3) is 6.52. The molecule has 1 aliphatic heterocycles. The molecule has 1 atom stereocenters. The summed E-state index contributed by atoms with van der Waals surface area (Å²) in [5.41, 5.74) is 1.09. The minimum absolute atomic E-state index is 0.208. The van der Waals surface area contributed by atoms with Crippen LogP contribution in [0.5, 0.6) is 5.75 Å². The van der Waals surface area contributed by atoms with E-state index in [1.807, 2.05) is 18.2 Å². The largest absolute Gasteiger partial charge is 0.490 e. The number of rotatable bonds is 8. The van der Waals surface area contributed by atoms with Gasteiger partial charge in [-0.2, -0.15) is 13.2 Å². The van der Waals surface area contributed by atoms with Crippen LogP contribution in [0.3, 0.4) is 0 Å². The predicted molar refractivity (Wildman–Crippen MR) is 113 cm³/mol. The van der Waals surface area contributed by atoms with Crippen LogP contribution in [0.25, 0.3) is 0 Å². The molecule has 8 heteroatoms. The minimum Gasteiger partial charge on any atom is -0.490 e. The number of aliphatic imine (C=N–C) groups is 1. The van der Waals surface area contributed by atoms with Crippen molar-refractivity contribution in [2.45, 2.75) is 51.4 Å². The van der Waals surface area contributed by atoms with Crippen LogP contribution in [0.2, 0.25) is 0 Å². The standard InChI is InChI=1S/C22H33F3N4O/c1-3-28(16-22(23,24)25)14-17-11-12-29(15-17)21(26-2)27-13-18-7-4-5-10-20(18)30-19-8-6-9-19/h4-5,7,10,17,19H,3,6,8-9,11-16H2,1-2H3,(H,26,27). The summed E-state index contributed by atoms with van der Waals surface area (Å²) in [5.74, 6) is 1.91. The average molecular weight is 427 g/mol. The highest BCUT2D eigenvalue weighted by molar-refractivity contribution is 5.80. The number of halogens is 3. The fourth-order valence-electron chi connectivity index (χ4n) is 4.04. The van der Waals surface area contributed by atoms with Gasteiger partial charge in [-0.25, -0.2) is 0 Å². The number of benzene rings is 1. The van der Waals surface area contributed by atoms with Gasteiger partial charge in [0.15, 0.2) is 5.96 Å². The first-order valence-electron chi connectivity index (χ1n) is 10.9. The van der Waals surface area contributed by atoms with Gasteiger partial charge in [0.2, 0.25) is 0 Å². The Morgan fingerprint density at radius 1 is 1.27 bits per heavy atom. The van der Waals surface area contributed by atoms with Crippen molar-refractivity contribution in [1.29, 1.82) is 0 Å². The number of nitrogens with zero attached hydrogens (tertiary/aromatic N) is 3. The summed E-state index contributed by atoms with van der Waals surface area (Å²) in [6.45, 7) is 3.92. The van der Waals surface area contributed by atoms with Crippen molar-refractivity contribution in [1.82, 2.24) is 15.1 Å². The molecule has 0 bridgehead atoms. The molecule has 1 aliphatic carbocycles. The van der Waals surface area contributed by atoms with Crippen LogP contribution in [-0.2, 0) is 6.54 Å². The van der Waals surface area contributed by atoms with E-state index in [9.17, 15) is 13.2 Å². The fourth-order valence-corrected chi connectivity index (χ4v) is 4.04. The molecular formula is C22H33F3N4O. The predicted octanol–water partition coefficient (Wildman–Crippen LogP) is 3.90. The summed E-state index contributed by atoms with van der Waals surface area (Å²) in [4.78, 5) is 8.02. The molecule has 2 aliphatic rings. The van der Waals surface area contributed by atoms with Crippen molar-refractivity contribution < 1.29 is 17.9 Å². The first-order valence-corrected chi connectivity index (χ1v) is 10.9. The Kier molecular flexibility index (Phi) is 7.86. The number of alkyl halides is 3. The van der Waals surface area contributed by atoms with Gasteiger partial charge < -0.3 is 15.0 Å². The Morgan fingerprint density at radius 2 is 2.03 bits per heavy atom. The lowest BCUT2D eigenvalue weighted by Crippen LogP contribution is -2.41. The Hall–Kier alpha value is -1.96. The van der Waals surface area contributed by atoms with Crippen molar-refractivity contribution in [3.8, 4) is 5.75 Å². The first-order chi connectivity index (χ1) is 14.4. The maximum absolute atomic E-state index is 12.7. The van der Waals surface area contributed by atoms with E-state index in [0.717, 1.165) is 43.1 Å². The second-order valence-corrected chi connectivity index (χ2v) is 8.22. The van der Waals surface area contributed by atoms with E-state index in [1.165, 1.54) is 11.3 Å². The molecule has 1 heterocycles. The number of guanidine groups is 1. The summed E-state index contributed by atoms with van der Waals surface area (Å²) in [6.07, 6.45) is 0.496. The summed E-state index contributed by atoms with van der Waals surface area (Å²) in [7, 11) is 1.74. The van der Waals surface area contributed by atoms with Gasteiger partial charge >= 0.3 is 6.18 Å². The molecule has 0 amide bonds. The Labute approximate surface area is 177 Å². The van der Waals surface area contributed by atoms with Gasteiger partial charge in [0.05, 0.1) is 12.6 Å². The molecule has 0 radical (unpaired) electrons. The van der Waals surface area contributed by atoms with E-state index >= 15 is 0 Å². The molecule has 1 aromatic carbocycles. The second-order valence-electron chi connectivity index (χ2n) is 8.22. The lowest BCUT2D eigenvalue weighted by atomic mass is 9.96. The maximum Gasteiger partial charge on any atom is 0.401 e. The van der Waals surface area contributed by atoms with Crippen molar-refractivity contribution in [3.05, 3.63) is 29.8 Å². The van der Waals surface area contributed by atoms with Gasteiger partial charge in [-0.3, -0.25) is 9.89 Å². The lowest BCUT2D eigenvalue weighted by Gasteiger charge is -2.28. The third-order valence-corrected chi connectivity index (χ3v) is 5.92. The van der Waals surface area contributed by atoms with Gasteiger partial charge in [0.1, 0.15) is 5.75 Å². The SMILES string of the molecule is CCN(CC1CCN(C(=NC)NCc2ccccc2OC2CCC2)C1)CC(F)(F)F. The average Bonchev–Trinajstić information content (AvgIpc) is 3.12. The van der Waals surface area contributed by atoms with Gasteiger partial charge in [-0.1, -0.05) is 25.1 Å². The highest BCUT2D eigenvalue weighted by Gasteiger charge is 2.33. The highest BCUT2D eigenvalue weighted by Crippen LogP contribution is 2.27. The van der Waals surface area contributed by atoms with E-state index in [-0.39, 0.29) is 5.92 Å². The van der Waals surface area contributed by atoms with Crippen LogP contribution >= 0.6 is 0 Å². The van der Waals surface area contributed by atoms with E-state index in [2.05, 4.69) is 21.3 Å².